The molecule has 0 spiro atoms. The Morgan fingerprint density at radius 3 is 2.72 bits per heavy atom. The van der Waals surface area contributed by atoms with Crippen molar-refractivity contribution in [3.8, 4) is 5.75 Å². The summed E-state index contributed by atoms with van der Waals surface area (Å²) in [4.78, 5) is 0. The predicted molar refractivity (Wildman–Crippen MR) is 75.9 cm³/mol. The largest absolute Gasteiger partial charge is 0.489 e. The van der Waals surface area contributed by atoms with Crippen molar-refractivity contribution in [2.75, 3.05) is 0 Å². The molecule has 0 amide bonds. The van der Waals surface area contributed by atoms with Gasteiger partial charge in [0.05, 0.1) is 0 Å². The lowest BCUT2D eigenvalue weighted by atomic mass is 9.95. The molecule has 1 aromatic carbocycles. The van der Waals surface area contributed by atoms with Crippen LogP contribution in [0.4, 0.5) is 0 Å². The van der Waals surface area contributed by atoms with Gasteiger partial charge in [-0.15, -0.1) is 0 Å². The molecule has 2 heteroatoms. The van der Waals surface area contributed by atoms with Crippen LogP contribution in [-0.4, -0.2) is 12.1 Å². The van der Waals surface area contributed by atoms with E-state index in [2.05, 4.69) is 25.1 Å². The quantitative estimate of drug-likeness (QED) is 0.884. The van der Waals surface area contributed by atoms with Crippen LogP contribution >= 0.6 is 0 Å². The lowest BCUT2D eigenvalue weighted by Crippen LogP contribution is -2.39. The molecule has 0 aliphatic heterocycles. The van der Waals surface area contributed by atoms with Crippen LogP contribution in [-0.2, 0) is 6.42 Å². The highest BCUT2D eigenvalue weighted by atomic mass is 16.5. The molecular weight excluding hydrogens is 222 g/mol. The molecular formula is C16H25NO. The van der Waals surface area contributed by atoms with E-state index in [0.29, 0.717) is 0 Å². The van der Waals surface area contributed by atoms with E-state index in [0.717, 1.165) is 25.0 Å². The third-order valence-corrected chi connectivity index (χ3v) is 3.85. The lowest BCUT2D eigenvalue weighted by Gasteiger charge is -2.27. The molecule has 1 fully saturated rings. The minimum Gasteiger partial charge on any atom is -0.489 e. The van der Waals surface area contributed by atoms with E-state index in [1.54, 1.807) is 0 Å². The first kappa shape index (κ1) is 13.4. The maximum Gasteiger partial charge on any atom is 0.120 e. The van der Waals surface area contributed by atoms with Gasteiger partial charge in [0.15, 0.2) is 0 Å². The van der Waals surface area contributed by atoms with Gasteiger partial charge in [0.2, 0.25) is 0 Å². The molecule has 1 aromatic rings. The van der Waals surface area contributed by atoms with Crippen LogP contribution in [0.5, 0.6) is 5.75 Å². The molecule has 0 saturated heterocycles. The number of hydrogen-bond acceptors (Lipinski definition) is 2. The average Bonchev–Trinajstić information content (AvgIpc) is 2.39. The van der Waals surface area contributed by atoms with E-state index in [1.807, 2.05) is 6.07 Å². The van der Waals surface area contributed by atoms with Crippen molar-refractivity contribution in [1.29, 1.82) is 0 Å². The Bertz CT molecular complexity index is 364. The summed E-state index contributed by atoms with van der Waals surface area (Å²) in [5.74, 6) is 0.982. The summed E-state index contributed by atoms with van der Waals surface area (Å²) in [6.07, 6.45) is 8.57. The molecule has 1 saturated carbocycles. The topological polar surface area (TPSA) is 35.2 Å². The maximum absolute atomic E-state index is 6.24. The van der Waals surface area contributed by atoms with Gasteiger partial charge >= 0.3 is 0 Å². The number of rotatable bonds is 3. The summed E-state index contributed by atoms with van der Waals surface area (Å²) in [6, 6.07) is 8.60. The van der Waals surface area contributed by atoms with E-state index in [4.69, 9.17) is 10.5 Å². The first-order valence-corrected chi connectivity index (χ1v) is 7.31. The second kappa shape index (κ2) is 6.79. The Labute approximate surface area is 111 Å². The zero-order valence-corrected chi connectivity index (χ0v) is 11.4. The molecule has 0 heterocycles. The van der Waals surface area contributed by atoms with Crippen LogP contribution in [0.2, 0.25) is 0 Å². The van der Waals surface area contributed by atoms with E-state index in [9.17, 15) is 0 Å². The van der Waals surface area contributed by atoms with Crippen LogP contribution in [0.25, 0.3) is 0 Å². The molecule has 0 aromatic heterocycles. The SMILES string of the molecule is CCc1cccc(OC2CCCCCCC2N)c1. The molecule has 2 atom stereocenters. The van der Waals surface area contributed by atoms with Crippen molar-refractivity contribution in [2.24, 2.45) is 5.73 Å². The lowest BCUT2D eigenvalue weighted by molar-refractivity contribution is 0.145. The fourth-order valence-electron chi connectivity index (χ4n) is 2.64. The summed E-state index contributed by atoms with van der Waals surface area (Å²) >= 11 is 0. The van der Waals surface area contributed by atoms with Crippen LogP contribution in [0.3, 0.4) is 0 Å². The smallest absolute Gasteiger partial charge is 0.120 e. The second-order valence-electron chi connectivity index (χ2n) is 5.31. The Hall–Kier alpha value is -1.02. The molecule has 0 bridgehead atoms. The van der Waals surface area contributed by atoms with E-state index >= 15 is 0 Å². The first-order chi connectivity index (χ1) is 8.79. The van der Waals surface area contributed by atoms with Crippen LogP contribution in [0.1, 0.15) is 51.0 Å². The Morgan fingerprint density at radius 2 is 1.94 bits per heavy atom. The van der Waals surface area contributed by atoms with Gasteiger partial charge in [-0.3, -0.25) is 0 Å². The number of benzene rings is 1. The molecule has 2 unspecified atom stereocenters. The number of hydrogen-bond donors (Lipinski definition) is 1. The number of nitrogens with two attached hydrogens (primary N) is 1. The standard InChI is InChI=1S/C16H25NO/c1-2-13-8-7-9-14(12-13)18-16-11-6-4-3-5-10-15(16)17/h7-9,12,15-16H,2-6,10-11,17H2,1H3. The molecule has 2 rings (SSSR count). The molecule has 2 nitrogen and oxygen atoms in total. The highest BCUT2D eigenvalue weighted by molar-refractivity contribution is 5.28. The number of aryl methyl sites for hydroxylation is 1. The zero-order valence-electron chi connectivity index (χ0n) is 11.4. The van der Waals surface area contributed by atoms with Gasteiger partial charge in [-0.25, -0.2) is 0 Å². The van der Waals surface area contributed by atoms with Crippen LogP contribution in [0, 0.1) is 0 Å². The third-order valence-electron chi connectivity index (χ3n) is 3.85. The fourth-order valence-corrected chi connectivity index (χ4v) is 2.64. The van der Waals surface area contributed by atoms with Crippen molar-refractivity contribution in [3.05, 3.63) is 29.8 Å². The van der Waals surface area contributed by atoms with Crippen molar-refractivity contribution < 1.29 is 4.74 Å². The summed E-state index contributed by atoms with van der Waals surface area (Å²) in [6.45, 7) is 2.17. The Morgan fingerprint density at radius 1 is 1.17 bits per heavy atom. The Kier molecular flexibility index (Phi) is 5.06. The van der Waals surface area contributed by atoms with Gasteiger partial charge in [-0.05, 0) is 43.4 Å². The summed E-state index contributed by atoms with van der Waals surface area (Å²) in [5, 5.41) is 0. The van der Waals surface area contributed by atoms with E-state index < -0.39 is 0 Å². The summed E-state index contributed by atoms with van der Waals surface area (Å²) in [5.41, 5.74) is 7.57. The molecule has 1 aliphatic rings. The van der Waals surface area contributed by atoms with E-state index in [-0.39, 0.29) is 12.1 Å². The average molecular weight is 247 g/mol. The van der Waals surface area contributed by atoms with Crippen molar-refractivity contribution in [3.63, 3.8) is 0 Å². The van der Waals surface area contributed by atoms with Crippen molar-refractivity contribution in [1.82, 2.24) is 0 Å². The molecule has 100 valence electrons. The number of ether oxygens (including phenoxy) is 1. The van der Waals surface area contributed by atoms with Crippen molar-refractivity contribution in [2.45, 2.75) is 64.0 Å². The molecule has 1 aliphatic carbocycles. The zero-order chi connectivity index (χ0) is 12.8. The van der Waals surface area contributed by atoms with Gasteiger partial charge < -0.3 is 10.5 Å². The second-order valence-corrected chi connectivity index (χ2v) is 5.31. The predicted octanol–water partition coefficient (Wildman–Crippen LogP) is 3.68. The van der Waals surface area contributed by atoms with E-state index in [1.165, 1.54) is 31.2 Å². The highest BCUT2D eigenvalue weighted by Gasteiger charge is 2.21. The highest BCUT2D eigenvalue weighted by Crippen LogP contribution is 2.22. The maximum atomic E-state index is 6.24. The van der Waals surface area contributed by atoms with Gasteiger partial charge in [0.1, 0.15) is 11.9 Å². The molecule has 0 radical (unpaired) electrons. The minimum absolute atomic E-state index is 0.190. The van der Waals surface area contributed by atoms with Crippen molar-refractivity contribution >= 4 is 0 Å². The first-order valence-electron chi connectivity index (χ1n) is 7.31. The van der Waals surface area contributed by atoms with Gasteiger partial charge in [0.25, 0.3) is 0 Å². The van der Waals surface area contributed by atoms with Gasteiger partial charge in [-0.2, -0.15) is 0 Å². The van der Waals surface area contributed by atoms with Gasteiger partial charge in [0, 0.05) is 6.04 Å². The third kappa shape index (κ3) is 3.74. The molecule has 2 N–H and O–H groups in total. The summed E-state index contributed by atoms with van der Waals surface area (Å²) < 4.78 is 6.12. The van der Waals surface area contributed by atoms with Gasteiger partial charge in [-0.1, -0.05) is 38.3 Å². The minimum atomic E-state index is 0.190. The monoisotopic (exact) mass is 247 g/mol. The normalized spacial score (nSPS) is 25.2. The molecule has 18 heavy (non-hydrogen) atoms. The summed E-state index contributed by atoms with van der Waals surface area (Å²) in [7, 11) is 0. The van der Waals surface area contributed by atoms with Crippen LogP contribution in [0.15, 0.2) is 24.3 Å². The van der Waals surface area contributed by atoms with Crippen LogP contribution < -0.4 is 10.5 Å². The Balaban J connectivity index is 2.00. The fraction of sp³-hybridized carbons (Fsp3) is 0.625.